The number of carbonyl (C=O) groups excluding carboxylic acids is 2. The van der Waals surface area contributed by atoms with Crippen molar-refractivity contribution < 1.29 is 14.0 Å². The van der Waals surface area contributed by atoms with Crippen molar-refractivity contribution in [3.8, 4) is 0 Å². The zero-order chi connectivity index (χ0) is 15.6. The Morgan fingerprint density at radius 1 is 1.19 bits per heavy atom. The molecule has 0 aliphatic carbocycles. The maximum atomic E-state index is 12.0. The third-order valence-corrected chi connectivity index (χ3v) is 3.12. The number of benzene rings is 1. The summed E-state index contributed by atoms with van der Waals surface area (Å²) in [6, 6.07) is 7.50. The molecule has 1 amide bonds. The smallest absolute Gasteiger partial charge is 0.359 e. The van der Waals surface area contributed by atoms with Gasteiger partial charge in [0.15, 0.2) is 5.78 Å². The highest BCUT2D eigenvalue weighted by Crippen LogP contribution is 2.14. The van der Waals surface area contributed by atoms with E-state index in [0.717, 1.165) is 0 Å². The van der Waals surface area contributed by atoms with E-state index in [4.69, 9.17) is 16.0 Å². The lowest BCUT2D eigenvalue weighted by Gasteiger charge is -2.07. The molecule has 0 aliphatic rings. The van der Waals surface area contributed by atoms with E-state index in [2.05, 4.69) is 5.32 Å². The second kappa shape index (κ2) is 5.93. The number of ketones is 1. The molecule has 5 nitrogen and oxygen atoms in total. The third kappa shape index (κ3) is 3.38. The minimum absolute atomic E-state index is 0.0780. The molecule has 0 atom stereocenters. The zero-order valence-corrected chi connectivity index (χ0v) is 12.2. The summed E-state index contributed by atoms with van der Waals surface area (Å²) in [7, 11) is 0. The second-order valence-electron chi connectivity index (χ2n) is 4.43. The molecule has 1 aromatic heterocycles. The fraction of sp³-hybridized carbons (Fsp3) is 0.133. The van der Waals surface area contributed by atoms with Gasteiger partial charge < -0.3 is 9.73 Å². The summed E-state index contributed by atoms with van der Waals surface area (Å²) in [6.45, 7) is 2.87. The van der Waals surface area contributed by atoms with E-state index in [1.165, 1.54) is 32.0 Å². The number of anilines is 1. The van der Waals surface area contributed by atoms with Crippen LogP contribution in [-0.2, 0) is 0 Å². The quantitative estimate of drug-likeness (QED) is 0.884. The lowest BCUT2D eigenvalue weighted by molar-refractivity contribution is 0.100. The summed E-state index contributed by atoms with van der Waals surface area (Å²) in [5.74, 6) is -0.521. The van der Waals surface area contributed by atoms with Crippen LogP contribution in [0.15, 0.2) is 39.5 Å². The Morgan fingerprint density at radius 3 is 2.38 bits per heavy atom. The van der Waals surface area contributed by atoms with Crippen molar-refractivity contribution in [2.75, 3.05) is 5.32 Å². The number of aryl methyl sites for hydroxylation is 1. The van der Waals surface area contributed by atoms with Crippen molar-refractivity contribution in [3.05, 3.63) is 62.7 Å². The molecule has 2 rings (SSSR count). The summed E-state index contributed by atoms with van der Waals surface area (Å²) in [5, 5.41) is 2.93. The fourth-order valence-corrected chi connectivity index (χ4v) is 1.91. The Bertz CT molecular complexity index is 762. The van der Waals surface area contributed by atoms with Gasteiger partial charge in [-0.1, -0.05) is 11.6 Å². The molecule has 108 valence electrons. The molecular formula is C15H12ClNO4. The van der Waals surface area contributed by atoms with Crippen LogP contribution < -0.4 is 10.9 Å². The van der Waals surface area contributed by atoms with E-state index >= 15 is 0 Å². The SMILES string of the molecule is CC(=O)c1cc(NC(=O)c2ccc(Cl)cc2)c(=O)oc1C. The monoisotopic (exact) mass is 305 g/mol. The molecule has 2 aromatic rings. The largest absolute Gasteiger partial charge is 0.426 e. The number of Topliss-reactive ketones (excluding diaryl/α,β-unsaturated/α-hetero) is 1. The number of hydrogen-bond donors (Lipinski definition) is 1. The molecule has 0 spiro atoms. The van der Waals surface area contributed by atoms with E-state index in [-0.39, 0.29) is 22.8 Å². The first kappa shape index (κ1) is 15.0. The van der Waals surface area contributed by atoms with Crippen molar-refractivity contribution in [3.63, 3.8) is 0 Å². The van der Waals surface area contributed by atoms with Crippen LogP contribution in [0.2, 0.25) is 5.02 Å². The van der Waals surface area contributed by atoms with Gasteiger partial charge in [0, 0.05) is 10.6 Å². The Morgan fingerprint density at radius 2 is 1.81 bits per heavy atom. The standard InChI is InChI=1S/C15H12ClNO4/c1-8(18)12-7-13(15(20)21-9(12)2)17-14(19)10-3-5-11(16)6-4-10/h3-7H,1-2H3,(H,17,19). The van der Waals surface area contributed by atoms with Crippen LogP contribution >= 0.6 is 11.6 Å². The molecule has 21 heavy (non-hydrogen) atoms. The van der Waals surface area contributed by atoms with E-state index in [1.54, 1.807) is 12.1 Å². The average molecular weight is 306 g/mol. The Labute approximate surface area is 125 Å². The molecule has 1 aromatic carbocycles. The first-order valence-corrected chi connectivity index (χ1v) is 6.49. The van der Waals surface area contributed by atoms with Crippen LogP contribution in [0.4, 0.5) is 5.69 Å². The van der Waals surface area contributed by atoms with Gasteiger partial charge in [0.1, 0.15) is 11.4 Å². The minimum atomic E-state index is -0.709. The summed E-state index contributed by atoms with van der Waals surface area (Å²) < 4.78 is 4.94. The number of carbonyl (C=O) groups is 2. The van der Waals surface area contributed by atoms with Crippen molar-refractivity contribution in [2.45, 2.75) is 13.8 Å². The molecule has 6 heteroatoms. The van der Waals surface area contributed by atoms with Crippen LogP contribution in [0.5, 0.6) is 0 Å². The third-order valence-electron chi connectivity index (χ3n) is 2.87. The zero-order valence-electron chi connectivity index (χ0n) is 11.4. The normalized spacial score (nSPS) is 10.2. The first-order chi connectivity index (χ1) is 9.88. The lowest BCUT2D eigenvalue weighted by Crippen LogP contribution is -2.19. The summed E-state index contributed by atoms with van der Waals surface area (Å²) in [4.78, 5) is 35.2. The number of amides is 1. The van der Waals surface area contributed by atoms with Gasteiger partial charge in [-0.3, -0.25) is 9.59 Å². The number of halogens is 1. The van der Waals surface area contributed by atoms with E-state index in [9.17, 15) is 14.4 Å². The van der Waals surface area contributed by atoms with Crippen LogP contribution in [0.25, 0.3) is 0 Å². The first-order valence-electron chi connectivity index (χ1n) is 6.11. The van der Waals surface area contributed by atoms with Gasteiger partial charge in [0.05, 0.1) is 5.56 Å². The highest BCUT2D eigenvalue weighted by molar-refractivity contribution is 6.30. The topological polar surface area (TPSA) is 76.4 Å². The maximum Gasteiger partial charge on any atom is 0.359 e. The van der Waals surface area contributed by atoms with Crippen molar-refractivity contribution in [1.29, 1.82) is 0 Å². The van der Waals surface area contributed by atoms with Gasteiger partial charge in [0.25, 0.3) is 5.91 Å². The second-order valence-corrected chi connectivity index (χ2v) is 4.87. The molecule has 0 aliphatic heterocycles. The number of rotatable bonds is 3. The molecule has 0 saturated heterocycles. The lowest BCUT2D eigenvalue weighted by atomic mass is 10.1. The van der Waals surface area contributed by atoms with Crippen molar-refractivity contribution in [2.24, 2.45) is 0 Å². The van der Waals surface area contributed by atoms with Crippen molar-refractivity contribution >= 4 is 29.0 Å². The predicted octanol–water partition coefficient (Wildman–Crippen LogP) is 3.06. The maximum absolute atomic E-state index is 12.0. The van der Waals surface area contributed by atoms with Crippen LogP contribution in [0, 0.1) is 6.92 Å². The molecule has 0 radical (unpaired) electrons. The van der Waals surface area contributed by atoms with Gasteiger partial charge in [0.2, 0.25) is 0 Å². The van der Waals surface area contributed by atoms with Crippen LogP contribution in [-0.4, -0.2) is 11.7 Å². The summed E-state index contributed by atoms with van der Waals surface area (Å²) in [6.07, 6.45) is 0. The molecule has 0 saturated carbocycles. The van der Waals surface area contributed by atoms with Gasteiger partial charge in [-0.05, 0) is 44.2 Å². The highest BCUT2D eigenvalue weighted by atomic mass is 35.5. The fourth-order valence-electron chi connectivity index (χ4n) is 1.79. The minimum Gasteiger partial charge on any atom is -0.426 e. The van der Waals surface area contributed by atoms with Crippen molar-refractivity contribution in [1.82, 2.24) is 0 Å². The molecular weight excluding hydrogens is 294 g/mol. The Balaban J connectivity index is 2.33. The van der Waals surface area contributed by atoms with E-state index < -0.39 is 11.5 Å². The van der Waals surface area contributed by atoms with Gasteiger partial charge >= 0.3 is 5.63 Å². The van der Waals surface area contributed by atoms with E-state index in [0.29, 0.717) is 10.6 Å². The van der Waals surface area contributed by atoms with Gasteiger partial charge in [-0.2, -0.15) is 0 Å². The van der Waals surface area contributed by atoms with E-state index in [1.807, 2.05) is 0 Å². The predicted molar refractivity (Wildman–Crippen MR) is 79.1 cm³/mol. The van der Waals surface area contributed by atoms with Crippen LogP contribution in [0.3, 0.4) is 0 Å². The molecule has 1 heterocycles. The number of nitrogens with one attached hydrogen (secondary N) is 1. The summed E-state index contributed by atoms with van der Waals surface area (Å²) >= 11 is 5.74. The van der Waals surface area contributed by atoms with Gasteiger partial charge in [-0.15, -0.1) is 0 Å². The Kier molecular flexibility index (Phi) is 4.23. The van der Waals surface area contributed by atoms with Crippen LogP contribution in [0.1, 0.15) is 33.4 Å². The average Bonchev–Trinajstić information content (AvgIpc) is 2.42. The molecule has 0 unspecified atom stereocenters. The molecule has 0 fully saturated rings. The highest BCUT2D eigenvalue weighted by Gasteiger charge is 2.14. The van der Waals surface area contributed by atoms with Gasteiger partial charge in [-0.25, -0.2) is 4.79 Å². The number of hydrogen-bond acceptors (Lipinski definition) is 4. The molecule has 0 bridgehead atoms. The summed E-state index contributed by atoms with van der Waals surface area (Å²) in [5.41, 5.74) is -0.199. The Hall–Kier alpha value is -2.40. The molecule has 1 N–H and O–H groups in total.